The van der Waals surface area contributed by atoms with Gasteiger partial charge in [-0.15, -0.1) is 0 Å². The van der Waals surface area contributed by atoms with Gasteiger partial charge in [0.1, 0.15) is 0 Å². The van der Waals surface area contributed by atoms with Gasteiger partial charge in [0.05, 0.1) is 13.2 Å². The Labute approximate surface area is 209 Å². The largest absolute Gasteiger partial charge is 0.466 e. The van der Waals surface area contributed by atoms with E-state index in [2.05, 4.69) is 24.3 Å². The lowest BCUT2D eigenvalue weighted by Crippen LogP contribution is -2.05. The van der Waals surface area contributed by atoms with Gasteiger partial charge in [-0.2, -0.15) is 0 Å². The summed E-state index contributed by atoms with van der Waals surface area (Å²) < 4.78 is 10.7. The van der Waals surface area contributed by atoms with E-state index in [4.69, 9.17) is 9.47 Å². The molecule has 0 bridgehead atoms. The number of hydrogen-bond acceptors (Lipinski definition) is 4. The normalized spacial score (nSPS) is 22.0. The first-order valence-electron chi connectivity index (χ1n) is 14.4. The molecular formula is C30H52O4. The summed E-state index contributed by atoms with van der Waals surface area (Å²) in [5.41, 5.74) is 0. The van der Waals surface area contributed by atoms with Crippen molar-refractivity contribution in [3.05, 3.63) is 24.3 Å². The third-order valence-electron chi connectivity index (χ3n) is 6.39. The van der Waals surface area contributed by atoms with Crippen LogP contribution in [0, 0.1) is 0 Å². The molecule has 0 spiro atoms. The number of cyclic esters (lactones) is 2. The molecule has 4 nitrogen and oxygen atoms in total. The molecule has 0 unspecified atom stereocenters. The van der Waals surface area contributed by atoms with E-state index in [9.17, 15) is 9.59 Å². The lowest BCUT2D eigenvalue weighted by atomic mass is 10.1. The van der Waals surface area contributed by atoms with Crippen molar-refractivity contribution in [3.8, 4) is 0 Å². The quantitative estimate of drug-likeness (QED) is 0.259. The second-order valence-electron chi connectivity index (χ2n) is 9.70. The van der Waals surface area contributed by atoms with Crippen molar-refractivity contribution >= 4 is 11.9 Å². The van der Waals surface area contributed by atoms with Gasteiger partial charge >= 0.3 is 11.9 Å². The van der Waals surface area contributed by atoms with E-state index >= 15 is 0 Å². The molecule has 0 aromatic rings. The topological polar surface area (TPSA) is 52.6 Å². The van der Waals surface area contributed by atoms with E-state index in [1.54, 1.807) is 0 Å². The predicted molar refractivity (Wildman–Crippen MR) is 142 cm³/mol. The Morgan fingerprint density at radius 1 is 0.382 bits per heavy atom. The molecule has 196 valence electrons. The summed E-state index contributed by atoms with van der Waals surface area (Å²) in [6, 6.07) is 0. The van der Waals surface area contributed by atoms with Crippen LogP contribution in [0.15, 0.2) is 24.3 Å². The summed E-state index contributed by atoms with van der Waals surface area (Å²) >= 11 is 0. The molecule has 0 saturated heterocycles. The molecule has 1 aliphatic heterocycles. The number of hydrogen-bond donors (Lipinski definition) is 0. The Hall–Kier alpha value is -1.58. The Kier molecular flexibility index (Phi) is 22.0. The van der Waals surface area contributed by atoms with Gasteiger partial charge in [0.25, 0.3) is 0 Å². The van der Waals surface area contributed by atoms with Crippen molar-refractivity contribution in [2.24, 2.45) is 0 Å². The zero-order chi connectivity index (χ0) is 24.4. The van der Waals surface area contributed by atoms with Gasteiger partial charge in [-0.1, -0.05) is 75.7 Å². The molecule has 34 heavy (non-hydrogen) atoms. The van der Waals surface area contributed by atoms with Crippen molar-refractivity contribution < 1.29 is 19.1 Å². The first-order valence-corrected chi connectivity index (χ1v) is 14.4. The number of carbonyl (C=O) groups is 2. The maximum Gasteiger partial charge on any atom is 0.305 e. The van der Waals surface area contributed by atoms with Crippen LogP contribution in [0.5, 0.6) is 0 Å². The summed E-state index contributed by atoms with van der Waals surface area (Å²) in [4.78, 5) is 23.6. The molecule has 0 N–H and O–H groups in total. The van der Waals surface area contributed by atoms with Crippen molar-refractivity contribution in [2.45, 2.75) is 141 Å². The summed E-state index contributed by atoms with van der Waals surface area (Å²) in [7, 11) is 0. The van der Waals surface area contributed by atoms with Crippen LogP contribution in [0.1, 0.15) is 141 Å². The summed E-state index contributed by atoms with van der Waals surface area (Å²) in [6.45, 7) is 1.13. The van der Waals surface area contributed by atoms with Crippen LogP contribution in [0.25, 0.3) is 0 Å². The standard InChI is InChI=1S/C30H52O4/c31-29-25-21-17-13-9-5-1-3-7-11-15-19-23-27-33-30(32)26-22-18-14-10-6-2-4-8-12-16-20-24-28-34-29/h7-8,11-12H,1-6,9-10,13-28H2. The summed E-state index contributed by atoms with van der Waals surface area (Å²) in [5, 5.41) is 0. The first kappa shape index (κ1) is 30.5. The highest BCUT2D eigenvalue weighted by molar-refractivity contribution is 5.69. The average Bonchev–Trinajstić information content (AvgIpc) is 2.83. The highest BCUT2D eigenvalue weighted by Gasteiger charge is 2.03. The van der Waals surface area contributed by atoms with Crippen LogP contribution in [-0.4, -0.2) is 25.2 Å². The van der Waals surface area contributed by atoms with E-state index < -0.39 is 0 Å². The zero-order valence-corrected chi connectivity index (χ0v) is 21.9. The second-order valence-corrected chi connectivity index (χ2v) is 9.70. The molecule has 0 aliphatic carbocycles. The Balaban J connectivity index is 2.18. The van der Waals surface area contributed by atoms with Gasteiger partial charge < -0.3 is 9.47 Å². The molecule has 0 saturated carbocycles. The number of ether oxygens (including phenoxy) is 2. The number of esters is 2. The van der Waals surface area contributed by atoms with Crippen molar-refractivity contribution in [2.75, 3.05) is 13.2 Å². The third-order valence-corrected chi connectivity index (χ3v) is 6.39. The first-order chi connectivity index (χ1) is 16.8. The molecule has 0 aromatic heterocycles. The van der Waals surface area contributed by atoms with Crippen molar-refractivity contribution in [1.82, 2.24) is 0 Å². The molecular weight excluding hydrogens is 424 g/mol. The second kappa shape index (κ2) is 24.5. The highest BCUT2D eigenvalue weighted by atomic mass is 16.5. The molecule has 0 aromatic carbocycles. The van der Waals surface area contributed by atoms with Crippen LogP contribution >= 0.6 is 0 Å². The molecule has 0 atom stereocenters. The van der Waals surface area contributed by atoms with Crippen LogP contribution in [-0.2, 0) is 19.1 Å². The Bertz CT molecular complexity index is 490. The minimum atomic E-state index is -0.0233. The number of rotatable bonds is 0. The Morgan fingerprint density at radius 2 is 0.676 bits per heavy atom. The molecule has 1 aliphatic rings. The van der Waals surface area contributed by atoms with Gasteiger partial charge in [-0.05, 0) is 77.0 Å². The molecule has 1 rings (SSSR count). The molecule has 0 radical (unpaired) electrons. The lowest BCUT2D eigenvalue weighted by molar-refractivity contribution is -0.144. The molecule has 4 heteroatoms. The van der Waals surface area contributed by atoms with Gasteiger partial charge in [-0.3, -0.25) is 9.59 Å². The van der Waals surface area contributed by atoms with Crippen LogP contribution in [0.2, 0.25) is 0 Å². The zero-order valence-electron chi connectivity index (χ0n) is 21.9. The summed E-state index contributed by atoms with van der Waals surface area (Å²) in [6.07, 6.45) is 32.9. The maximum absolute atomic E-state index is 11.8. The van der Waals surface area contributed by atoms with Gasteiger partial charge in [0.2, 0.25) is 0 Å². The molecule has 1 heterocycles. The minimum absolute atomic E-state index is 0.0233. The van der Waals surface area contributed by atoms with E-state index in [-0.39, 0.29) is 11.9 Å². The number of allylic oxidation sites excluding steroid dienone is 4. The SMILES string of the molecule is O=C1CCCCCCCCC=CCCCCOC(=O)CCCCCCCCC=CCCCCO1. The van der Waals surface area contributed by atoms with Gasteiger partial charge in [0, 0.05) is 12.8 Å². The van der Waals surface area contributed by atoms with Crippen molar-refractivity contribution in [1.29, 1.82) is 0 Å². The predicted octanol–water partition coefficient (Wildman–Crippen LogP) is 8.78. The van der Waals surface area contributed by atoms with E-state index in [0.717, 1.165) is 77.0 Å². The van der Waals surface area contributed by atoms with Crippen molar-refractivity contribution in [3.63, 3.8) is 0 Å². The fourth-order valence-corrected chi connectivity index (χ4v) is 4.19. The van der Waals surface area contributed by atoms with E-state index in [1.807, 2.05) is 0 Å². The van der Waals surface area contributed by atoms with Crippen LogP contribution in [0.4, 0.5) is 0 Å². The van der Waals surface area contributed by atoms with Gasteiger partial charge in [-0.25, -0.2) is 0 Å². The monoisotopic (exact) mass is 476 g/mol. The average molecular weight is 477 g/mol. The fraction of sp³-hybridized carbons (Fsp3) is 0.800. The maximum atomic E-state index is 11.8. The summed E-state index contributed by atoms with van der Waals surface area (Å²) in [5.74, 6) is -0.0466. The van der Waals surface area contributed by atoms with Gasteiger partial charge in [0.15, 0.2) is 0 Å². The number of carbonyl (C=O) groups excluding carboxylic acids is 2. The molecule has 0 amide bonds. The minimum Gasteiger partial charge on any atom is -0.466 e. The molecule has 0 fully saturated rings. The lowest BCUT2D eigenvalue weighted by Gasteiger charge is -2.05. The Morgan fingerprint density at radius 3 is 1.06 bits per heavy atom. The van der Waals surface area contributed by atoms with Crippen LogP contribution in [0.3, 0.4) is 0 Å². The third kappa shape index (κ3) is 22.2. The van der Waals surface area contributed by atoms with E-state index in [1.165, 1.54) is 51.4 Å². The van der Waals surface area contributed by atoms with Crippen LogP contribution < -0.4 is 0 Å². The highest BCUT2D eigenvalue weighted by Crippen LogP contribution is 2.12. The fourth-order valence-electron chi connectivity index (χ4n) is 4.19. The van der Waals surface area contributed by atoms with E-state index in [0.29, 0.717) is 26.1 Å². The smallest absolute Gasteiger partial charge is 0.305 e.